The molecular weight excluding hydrogens is 461 g/mol. The average Bonchev–Trinajstić information content (AvgIpc) is 3.16. The van der Waals surface area contributed by atoms with Crippen molar-refractivity contribution < 1.29 is 23.4 Å². The summed E-state index contributed by atoms with van der Waals surface area (Å²) in [4.78, 5) is 9.83. The minimum Gasteiger partial charge on any atom is -0.467 e. The van der Waals surface area contributed by atoms with Crippen molar-refractivity contribution in [1.29, 1.82) is 0 Å². The van der Waals surface area contributed by atoms with Crippen LogP contribution in [0.3, 0.4) is 0 Å². The van der Waals surface area contributed by atoms with Gasteiger partial charge in [0.2, 0.25) is 0 Å². The lowest BCUT2D eigenvalue weighted by molar-refractivity contribution is 0.0865. The second kappa shape index (κ2) is 13.0. The van der Waals surface area contributed by atoms with Crippen LogP contribution in [0.2, 0.25) is 0 Å². The number of ether oxygens (including phenoxy) is 1. The topological polar surface area (TPSA) is 87.9 Å². The van der Waals surface area contributed by atoms with Gasteiger partial charge in [0.15, 0.2) is 6.79 Å². The third kappa shape index (κ3) is 7.24. The van der Waals surface area contributed by atoms with Crippen LogP contribution < -0.4 is 4.74 Å². The Morgan fingerprint density at radius 1 is 1.15 bits per heavy atom. The van der Waals surface area contributed by atoms with E-state index in [2.05, 4.69) is 23.4 Å². The van der Waals surface area contributed by atoms with Gasteiger partial charge in [0.25, 0.3) is 0 Å². The normalized spacial score (nSPS) is 12.3. The van der Waals surface area contributed by atoms with Crippen LogP contribution in [0, 0.1) is 0 Å². The van der Waals surface area contributed by atoms with Crippen molar-refractivity contribution in [1.82, 2.24) is 14.5 Å². The van der Waals surface area contributed by atoms with E-state index < -0.39 is 8.60 Å². The summed E-state index contributed by atoms with van der Waals surface area (Å²) >= 11 is 1.60. The molecule has 178 valence electrons. The molecule has 0 aliphatic rings. The molecular formula is C23H30N3O5PS. The van der Waals surface area contributed by atoms with E-state index in [9.17, 15) is 5.11 Å². The minimum absolute atomic E-state index is 0.0273. The van der Waals surface area contributed by atoms with E-state index in [1.165, 1.54) is 0 Å². The van der Waals surface area contributed by atoms with Crippen LogP contribution in [0.4, 0.5) is 0 Å². The first-order valence-corrected chi connectivity index (χ1v) is 12.6. The molecule has 0 amide bonds. The number of hydrogen-bond donors (Lipinski definition) is 1. The van der Waals surface area contributed by atoms with Gasteiger partial charge in [0.05, 0.1) is 18.8 Å². The molecule has 3 rings (SSSR count). The molecule has 0 bridgehead atoms. The molecule has 0 saturated carbocycles. The fourth-order valence-electron chi connectivity index (χ4n) is 3.07. The van der Waals surface area contributed by atoms with Crippen molar-refractivity contribution in [3.8, 4) is 5.75 Å². The quantitative estimate of drug-likeness (QED) is 0.253. The zero-order valence-electron chi connectivity index (χ0n) is 19.3. The van der Waals surface area contributed by atoms with Crippen LogP contribution >= 0.6 is 20.4 Å². The Kier molecular flexibility index (Phi) is 10.1. The van der Waals surface area contributed by atoms with E-state index in [0.717, 1.165) is 21.2 Å². The maximum atomic E-state index is 9.97. The maximum Gasteiger partial charge on any atom is 0.335 e. The Hall–Kier alpha value is -2.00. The molecule has 0 aliphatic carbocycles. The van der Waals surface area contributed by atoms with Crippen LogP contribution in [0.15, 0.2) is 58.7 Å². The van der Waals surface area contributed by atoms with Crippen LogP contribution in [-0.2, 0) is 26.7 Å². The Morgan fingerprint density at radius 3 is 2.61 bits per heavy atom. The highest BCUT2D eigenvalue weighted by molar-refractivity contribution is 7.99. The van der Waals surface area contributed by atoms with Crippen molar-refractivity contribution >= 4 is 20.4 Å². The first kappa shape index (κ1) is 25.6. The summed E-state index contributed by atoms with van der Waals surface area (Å²) in [6.07, 6.45) is 3.54. The number of aliphatic hydroxyl groups is 1. The highest BCUT2D eigenvalue weighted by atomic mass is 32.2. The van der Waals surface area contributed by atoms with Gasteiger partial charge < -0.3 is 23.5 Å². The first-order valence-electron chi connectivity index (χ1n) is 10.7. The van der Waals surface area contributed by atoms with Gasteiger partial charge in [-0.3, -0.25) is 9.51 Å². The van der Waals surface area contributed by atoms with Crippen molar-refractivity contribution in [2.45, 2.75) is 49.8 Å². The third-order valence-corrected chi connectivity index (χ3v) is 6.79. The largest absolute Gasteiger partial charge is 0.467 e. The standard InChI is InChI=1S/C23H30N3O5PS/c1-5-30-32(28-4)31-16-29-19-7-6-8-20(13-19)33-23-22(17(2)3)25-21(15-27)26(23)14-18-9-11-24-12-10-18/h6-13,17,27H,5,14-16H2,1-4H3. The molecule has 1 aromatic carbocycles. The summed E-state index contributed by atoms with van der Waals surface area (Å²) in [5, 5.41) is 11.0. The van der Waals surface area contributed by atoms with E-state index in [-0.39, 0.29) is 19.3 Å². The molecule has 0 spiro atoms. The molecule has 10 heteroatoms. The van der Waals surface area contributed by atoms with Gasteiger partial charge in [0.1, 0.15) is 23.2 Å². The highest BCUT2D eigenvalue weighted by Gasteiger charge is 2.20. The number of benzene rings is 1. The Balaban J connectivity index is 1.80. The lowest BCUT2D eigenvalue weighted by Crippen LogP contribution is -2.07. The predicted octanol–water partition coefficient (Wildman–Crippen LogP) is 5.36. The lowest BCUT2D eigenvalue weighted by Gasteiger charge is -2.15. The summed E-state index contributed by atoms with van der Waals surface area (Å²) in [5.41, 5.74) is 2.04. The number of aromatic nitrogens is 3. The zero-order valence-corrected chi connectivity index (χ0v) is 21.0. The monoisotopic (exact) mass is 491 g/mol. The number of hydrogen-bond acceptors (Lipinski definition) is 8. The number of nitrogens with zero attached hydrogens (tertiary/aromatic N) is 3. The first-order chi connectivity index (χ1) is 16.0. The summed E-state index contributed by atoms with van der Waals surface area (Å²) in [5.74, 6) is 1.52. The van der Waals surface area contributed by atoms with Crippen molar-refractivity contribution in [3.05, 3.63) is 65.9 Å². The van der Waals surface area contributed by atoms with Crippen molar-refractivity contribution in [3.63, 3.8) is 0 Å². The molecule has 0 aliphatic heterocycles. The average molecular weight is 492 g/mol. The number of imidazole rings is 1. The highest BCUT2D eigenvalue weighted by Crippen LogP contribution is 2.39. The van der Waals surface area contributed by atoms with Crippen LogP contribution in [-0.4, -0.2) is 40.2 Å². The van der Waals surface area contributed by atoms with Crippen LogP contribution in [0.1, 0.15) is 43.8 Å². The molecule has 1 unspecified atom stereocenters. The van der Waals surface area contributed by atoms with Gasteiger partial charge in [-0.05, 0) is 48.7 Å². The fraction of sp³-hybridized carbons (Fsp3) is 0.391. The summed E-state index contributed by atoms with van der Waals surface area (Å²) in [7, 11) is 0.130. The Morgan fingerprint density at radius 2 is 1.94 bits per heavy atom. The molecule has 0 radical (unpaired) electrons. The minimum atomic E-state index is -1.41. The molecule has 2 aromatic heterocycles. The molecule has 0 saturated heterocycles. The van der Waals surface area contributed by atoms with E-state index in [0.29, 0.717) is 24.7 Å². The third-order valence-electron chi connectivity index (χ3n) is 4.59. The summed E-state index contributed by atoms with van der Waals surface area (Å²) in [6.45, 7) is 7.09. The van der Waals surface area contributed by atoms with Gasteiger partial charge >= 0.3 is 8.60 Å². The second-order valence-corrected chi connectivity index (χ2v) is 9.66. The van der Waals surface area contributed by atoms with Gasteiger partial charge in [-0.15, -0.1) is 0 Å². The van der Waals surface area contributed by atoms with Gasteiger partial charge in [-0.25, -0.2) is 4.98 Å². The number of pyridine rings is 1. The lowest BCUT2D eigenvalue weighted by atomic mass is 10.1. The fourth-order valence-corrected chi connectivity index (χ4v) is 4.91. The van der Waals surface area contributed by atoms with Gasteiger partial charge in [-0.2, -0.15) is 0 Å². The van der Waals surface area contributed by atoms with Crippen molar-refractivity contribution in [2.24, 2.45) is 0 Å². The molecule has 1 N–H and O–H groups in total. The predicted molar refractivity (Wildman–Crippen MR) is 128 cm³/mol. The number of rotatable bonds is 13. The summed E-state index contributed by atoms with van der Waals surface area (Å²) < 4.78 is 23.8. The maximum absolute atomic E-state index is 9.97. The van der Waals surface area contributed by atoms with Crippen molar-refractivity contribution in [2.75, 3.05) is 20.5 Å². The molecule has 1 atom stereocenters. The second-order valence-electron chi connectivity index (χ2n) is 7.27. The van der Waals surface area contributed by atoms with E-state index in [1.807, 2.05) is 43.3 Å². The molecule has 33 heavy (non-hydrogen) atoms. The van der Waals surface area contributed by atoms with E-state index in [4.69, 9.17) is 23.3 Å². The zero-order chi connectivity index (χ0) is 23.6. The van der Waals surface area contributed by atoms with E-state index >= 15 is 0 Å². The van der Waals surface area contributed by atoms with Crippen LogP contribution in [0.5, 0.6) is 5.75 Å². The number of aliphatic hydroxyl groups excluding tert-OH is 1. The van der Waals surface area contributed by atoms with Crippen LogP contribution in [0.25, 0.3) is 0 Å². The molecule has 2 heterocycles. The van der Waals surface area contributed by atoms with E-state index in [1.54, 1.807) is 31.3 Å². The summed E-state index contributed by atoms with van der Waals surface area (Å²) in [6, 6.07) is 11.7. The van der Waals surface area contributed by atoms with Gasteiger partial charge in [0, 0.05) is 24.4 Å². The molecule has 8 nitrogen and oxygen atoms in total. The smallest absolute Gasteiger partial charge is 0.335 e. The molecule has 3 aromatic rings. The SMILES string of the molecule is CCOP(OC)OCOc1cccc(Sc2c(C(C)C)nc(CO)n2Cc2ccncc2)c1. The Bertz CT molecular complexity index is 1000. The Labute approximate surface area is 200 Å². The molecule has 0 fully saturated rings. The van der Waals surface area contributed by atoms with Gasteiger partial charge in [-0.1, -0.05) is 31.7 Å².